The van der Waals surface area contributed by atoms with E-state index in [-0.39, 0.29) is 6.61 Å². The molecule has 0 N–H and O–H groups in total. The van der Waals surface area contributed by atoms with Gasteiger partial charge in [-0.1, -0.05) is 12.1 Å². The maximum Gasteiger partial charge on any atom is 0.416 e. The van der Waals surface area contributed by atoms with Crippen LogP contribution in [0.15, 0.2) is 30.3 Å². The smallest absolute Gasteiger partial charge is 0.416 e. The Morgan fingerprint density at radius 2 is 1.76 bits per heavy atom. The van der Waals surface area contributed by atoms with Gasteiger partial charge in [0.1, 0.15) is 0 Å². The lowest BCUT2D eigenvalue weighted by Crippen LogP contribution is -2.29. The van der Waals surface area contributed by atoms with Crippen molar-refractivity contribution in [2.24, 2.45) is 5.41 Å². The van der Waals surface area contributed by atoms with Crippen molar-refractivity contribution in [1.82, 2.24) is 0 Å². The standard InChI is InChI=1S/C15H13F3O3/c1-3-21-13(20)14(9(2)19)8-12(14)10-4-6-11(7-5-10)15(16,17)18/h4-8H,3H2,1-2H3. The third-order valence-electron chi connectivity index (χ3n) is 3.38. The summed E-state index contributed by atoms with van der Waals surface area (Å²) in [6, 6.07) is 4.34. The number of esters is 1. The third-order valence-corrected chi connectivity index (χ3v) is 3.38. The molecule has 0 heterocycles. The molecule has 1 unspecified atom stereocenters. The second-order valence-corrected chi connectivity index (χ2v) is 4.72. The molecule has 1 aromatic rings. The van der Waals surface area contributed by atoms with Gasteiger partial charge in [-0.15, -0.1) is 0 Å². The van der Waals surface area contributed by atoms with Crippen LogP contribution in [0.1, 0.15) is 25.0 Å². The summed E-state index contributed by atoms with van der Waals surface area (Å²) in [7, 11) is 0. The molecule has 0 aromatic heterocycles. The number of hydrogen-bond acceptors (Lipinski definition) is 3. The molecule has 0 saturated heterocycles. The van der Waals surface area contributed by atoms with E-state index in [2.05, 4.69) is 0 Å². The Labute approximate surface area is 119 Å². The van der Waals surface area contributed by atoms with E-state index in [0.717, 1.165) is 12.1 Å². The number of alkyl halides is 3. The molecule has 6 heteroatoms. The van der Waals surface area contributed by atoms with E-state index in [4.69, 9.17) is 4.74 Å². The molecule has 1 atom stereocenters. The Morgan fingerprint density at radius 1 is 1.19 bits per heavy atom. The van der Waals surface area contributed by atoms with Crippen LogP contribution in [0.2, 0.25) is 0 Å². The molecule has 3 nitrogen and oxygen atoms in total. The highest BCUT2D eigenvalue weighted by Gasteiger charge is 2.57. The van der Waals surface area contributed by atoms with Crippen LogP contribution in [0.25, 0.3) is 5.57 Å². The van der Waals surface area contributed by atoms with Gasteiger partial charge in [0, 0.05) is 0 Å². The average Bonchev–Trinajstić information content (AvgIpc) is 3.15. The highest BCUT2D eigenvalue weighted by atomic mass is 19.4. The molecule has 112 valence electrons. The van der Waals surface area contributed by atoms with E-state index >= 15 is 0 Å². The molecule has 1 aliphatic carbocycles. The van der Waals surface area contributed by atoms with Crippen LogP contribution in [-0.4, -0.2) is 18.4 Å². The maximum absolute atomic E-state index is 12.5. The number of hydrogen-bond donors (Lipinski definition) is 0. The zero-order valence-corrected chi connectivity index (χ0v) is 11.5. The molecule has 1 aliphatic rings. The molecule has 0 bridgehead atoms. The Bertz CT molecular complexity index is 614. The summed E-state index contributed by atoms with van der Waals surface area (Å²) in [5.41, 5.74) is -1.42. The molecule has 2 rings (SSSR count). The summed E-state index contributed by atoms with van der Waals surface area (Å²) >= 11 is 0. The van der Waals surface area contributed by atoms with Gasteiger partial charge in [-0.3, -0.25) is 9.59 Å². The van der Waals surface area contributed by atoms with Crippen molar-refractivity contribution >= 4 is 17.3 Å². The summed E-state index contributed by atoms with van der Waals surface area (Å²) in [4.78, 5) is 23.6. The molecular formula is C15H13F3O3. The highest BCUT2D eigenvalue weighted by molar-refractivity contribution is 6.24. The first kappa shape index (κ1) is 15.3. The van der Waals surface area contributed by atoms with Crippen molar-refractivity contribution < 1.29 is 27.5 Å². The fourth-order valence-corrected chi connectivity index (χ4v) is 2.18. The lowest BCUT2D eigenvalue weighted by Gasteiger charge is -2.14. The van der Waals surface area contributed by atoms with E-state index in [0.29, 0.717) is 11.1 Å². The number of carbonyl (C=O) groups excluding carboxylic acids is 2. The van der Waals surface area contributed by atoms with Gasteiger partial charge in [-0.05, 0) is 43.2 Å². The fraction of sp³-hybridized carbons (Fsp3) is 0.333. The molecule has 0 radical (unpaired) electrons. The minimum absolute atomic E-state index is 0.127. The number of ketones is 1. The normalized spacial score (nSPS) is 20.7. The van der Waals surface area contributed by atoms with Crippen molar-refractivity contribution in [2.75, 3.05) is 6.61 Å². The lowest BCUT2D eigenvalue weighted by molar-refractivity contribution is -0.151. The van der Waals surface area contributed by atoms with Gasteiger partial charge < -0.3 is 4.74 Å². The second kappa shape index (κ2) is 5.02. The van der Waals surface area contributed by atoms with Crippen LogP contribution >= 0.6 is 0 Å². The first-order valence-corrected chi connectivity index (χ1v) is 6.32. The maximum atomic E-state index is 12.5. The van der Waals surface area contributed by atoms with Crippen LogP contribution in [0.3, 0.4) is 0 Å². The lowest BCUT2D eigenvalue weighted by atomic mass is 9.92. The molecule has 0 aliphatic heterocycles. The number of Topliss-reactive ketones (excluding diaryl/α,β-unsaturated/α-hetero) is 1. The predicted octanol–water partition coefficient (Wildman–Crippen LogP) is 3.24. The van der Waals surface area contributed by atoms with Crippen LogP contribution in [0.5, 0.6) is 0 Å². The van der Waals surface area contributed by atoms with Gasteiger partial charge in [0.15, 0.2) is 11.2 Å². The fourth-order valence-electron chi connectivity index (χ4n) is 2.18. The SMILES string of the molecule is CCOC(=O)C1(C(C)=O)C=C1c1ccc(C(F)(F)F)cc1. The average molecular weight is 298 g/mol. The zero-order valence-electron chi connectivity index (χ0n) is 11.5. The molecule has 0 spiro atoms. The number of benzene rings is 1. The van der Waals surface area contributed by atoms with Crippen LogP contribution in [-0.2, 0) is 20.5 Å². The Hall–Kier alpha value is -2.11. The Balaban J connectivity index is 2.26. The van der Waals surface area contributed by atoms with E-state index in [1.54, 1.807) is 6.92 Å². The Morgan fingerprint density at radius 3 is 2.19 bits per heavy atom. The molecule has 0 saturated carbocycles. The topological polar surface area (TPSA) is 43.4 Å². The summed E-state index contributed by atoms with van der Waals surface area (Å²) < 4.78 is 42.4. The minimum atomic E-state index is -4.42. The molecule has 21 heavy (non-hydrogen) atoms. The van der Waals surface area contributed by atoms with E-state index < -0.39 is 28.9 Å². The van der Waals surface area contributed by atoms with Crippen LogP contribution in [0.4, 0.5) is 13.2 Å². The van der Waals surface area contributed by atoms with Gasteiger partial charge in [-0.2, -0.15) is 13.2 Å². The molecule has 0 fully saturated rings. The molecule has 1 aromatic carbocycles. The predicted molar refractivity (Wildman–Crippen MR) is 69.2 cm³/mol. The van der Waals surface area contributed by atoms with Crippen LogP contribution < -0.4 is 0 Å². The summed E-state index contributed by atoms with van der Waals surface area (Å²) in [6.45, 7) is 3.00. The van der Waals surface area contributed by atoms with E-state index in [9.17, 15) is 22.8 Å². The van der Waals surface area contributed by atoms with Gasteiger partial charge in [-0.25, -0.2) is 0 Å². The second-order valence-electron chi connectivity index (χ2n) is 4.72. The number of halogens is 3. The molecule has 0 amide bonds. The number of rotatable bonds is 4. The van der Waals surface area contributed by atoms with Crippen molar-refractivity contribution in [3.05, 3.63) is 41.5 Å². The first-order chi connectivity index (χ1) is 9.73. The third kappa shape index (κ3) is 2.57. The monoisotopic (exact) mass is 298 g/mol. The quantitative estimate of drug-likeness (QED) is 0.633. The van der Waals surface area contributed by atoms with Crippen molar-refractivity contribution in [2.45, 2.75) is 20.0 Å². The first-order valence-electron chi connectivity index (χ1n) is 6.32. The number of carbonyl (C=O) groups is 2. The van der Waals surface area contributed by atoms with Gasteiger partial charge >= 0.3 is 12.1 Å². The summed E-state index contributed by atoms with van der Waals surface area (Å²) in [6.07, 6.45) is -2.99. The van der Waals surface area contributed by atoms with Gasteiger partial charge in [0.25, 0.3) is 0 Å². The van der Waals surface area contributed by atoms with Gasteiger partial charge in [0.2, 0.25) is 0 Å². The van der Waals surface area contributed by atoms with Crippen molar-refractivity contribution in [3.8, 4) is 0 Å². The highest BCUT2D eigenvalue weighted by Crippen LogP contribution is 2.52. The molecular weight excluding hydrogens is 285 g/mol. The van der Waals surface area contributed by atoms with Crippen molar-refractivity contribution in [1.29, 1.82) is 0 Å². The largest absolute Gasteiger partial charge is 0.465 e. The number of ether oxygens (including phenoxy) is 1. The van der Waals surface area contributed by atoms with E-state index in [1.807, 2.05) is 0 Å². The van der Waals surface area contributed by atoms with Crippen molar-refractivity contribution in [3.63, 3.8) is 0 Å². The summed E-state index contributed by atoms with van der Waals surface area (Å²) in [5, 5.41) is 0. The Kier molecular flexibility index (Phi) is 3.65. The summed E-state index contributed by atoms with van der Waals surface area (Å²) in [5.74, 6) is -1.09. The van der Waals surface area contributed by atoms with Gasteiger partial charge in [0.05, 0.1) is 12.2 Å². The zero-order chi connectivity index (χ0) is 15.8. The van der Waals surface area contributed by atoms with E-state index in [1.165, 1.54) is 25.1 Å². The van der Waals surface area contributed by atoms with Crippen LogP contribution in [0, 0.1) is 5.41 Å². The minimum Gasteiger partial charge on any atom is -0.465 e.